The molecule has 56 valence electrons. The van der Waals surface area contributed by atoms with Crippen molar-refractivity contribution in [1.82, 2.24) is 4.90 Å². The quantitative estimate of drug-likeness (QED) is 0.310. The van der Waals surface area contributed by atoms with E-state index in [9.17, 15) is 4.79 Å². The van der Waals surface area contributed by atoms with Crippen molar-refractivity contribution >= 4 is 12.2 Å². The fraction of sp³-hybridized carbons (Fsp3) is 0.667. The number of carbonyl (C=O) groups is 1. The molecule has 1 amide bonds. The van der Waals surface area contributed by atoms with Gasteiger partial charge in [-0.05, 0) is 12.8 Å². The van der Waals surface area contributed by atoms with Crippen molar-refractivity contribution < 1.29 is 4.79 Å². The first-order valence-electron chi connectivity index (χ1n) is 3.30. The lowest BCUT2D eigenvalue weighted by molar-refractivity contribution is -0.117. The summed E-state index contributed by atoms with van der Waals surface area (Å²) in [5.74, 6) is 0.101. The summed E-state index contributed by atoms with van der Waals surface area (Å²) in [5.41, 5.74) is 5.25. The van der Waals surface area contributed by atoms with Crippen LogP contribution in [-0.4, -0.2) is 29.7 Å². The van der Waals surface area contributed by atoms with Crippen LogP contribution in [0, 0.1) is 5.41 Å². The highest BCUT2D eigenvalue weighted by molar-refractivity contribution is 5.84. The van der Waals surface area contributed by atoms with Gasteiger partial charge in [-0.3, -0.25) is 10.2 Å². The molecule has 1 atom stereocenters. The van der Waals surface area contributed by atoms with Crippen LogP contribution in [0.15, 0.2) is 0 Å². The minimum Gasteiger partial charge on any atom is -0.386 e. The summed E-state index contributed by atoms with van der Waals surface area (Å²) in [4.78, 5) is 11.9. The maximum atomic E-state index is 10.3. The largest absolute Gasteiger partial charge is 0.386 e. The van der Waals surface area contributed by atoms with E-state index in [1.54, 1.807) is 4.90 Å². The van der Waals surface area contributed by atoms with Crippen molar-refractivity contribution in [1.29, 1.82) is 5.41 Å². The molecule has 1 fully saturated rings. The zero-order valence-electron chi connectivity index (χ0n) is 5.71. The van der Waals surface area contributed by atoms with E-state index in [-0.39, 0.29) is 11.9 Å². The second-order valence-electron chi connectivity index (χ2n) is 2.46. The Morgan fingerprint density at radius 3 is 2.90 bits per heavy atom. The smallest absolute Gasteiger partial charge is 0.210 e. The van der Waals surface area contributed by atoms with Crippen LogP contribution in [0.25, 0.3) is 0 Å². The lowest BCUT2D eigenvalue weighted by Crippen LogP contribution is -2.38. The van der Waals surface area contributed by atoms with Gasteiger partial charge in [-0.25, -0.2) is 0 Å². The van der Waals surface area contributed by atoms with Crippen molar-refractivity contribution in [3.05, 3.63) is 0 Å². The van der Waals surface area contributed by atoms with Crippen molar-refractivity contribution in [2.24, 2.45) is 5.73 Å². The van der Waals surface area contributed by atoms with Gasteiger partial charge in [0.25, 0.3) is 0 Å². The van der Waals surface area contributed by atoms with Crippen LogP contribution in [0.4, 0.5) is 0 Å². The molecule has 0 aromatic rings. The predicted octanol–water partition coefficient (Wildman–Crippen LogP) is -0.457. The van der Waals surface area contributed by atoms with Crippen LogP contribution in [0.3, 0.4) is 0 Å². The molecule has 1 heterocycles. The van der Waals surface area contributed by atoms with E-state index in [0.29, 0.717) is 0 Å². The zero-order chi connectivity index (χ0) is 7.56. The normalized spacial score (nSPS) is 24.8. The SMILES string of the molecule is N=C(N)C1CCCN1C=O. The highest BCUT2D eigenvalue weighted by Crippen LogP contribution is 2.13. The Bertz CT molecular complexity index is 157. The van der Waals surface area contributed by atoms with Crippen molar-refractivity contribution in [2.45, 2.75) is 18.9 Å². The fourth-order valence-electron chi connectivity index (χ4n) is 1.25. The average Bonchev–Trinajstić information content (AvgIpc) is 2.33. The Labute approximate surface area is 59.5 Å². The van der Waals surface area contributed by atoms with Crippen LogP contribution < -0.4 is 5.73 Å². The molecule has 10 heavy (non-hydrogen) atoms. The summed E-state index contributed by atoms with van der Waals surface area (Å²) in [6.07, 6.45) is 2.57. The molecule has 1 rings (SSSR count). The van der Waals surface area contributed by atoms with E-state index in [4.69, 9.17) is 11.1 Å². The molecule has 0 aromatic carbocycles. The Balaban J connectivity index is 2.58. The van der Waals surface area contributed by atoms with Crippen LogP contribution in [-0.2, 0) is 4.79 Å². The molecule has 0 aromatic heterocycles. The number of amides is 1. The monoisotopic (exact) mass is 141 g/mol. The third-order valence-electron chi connectivity index (χ3n) is 1.79. The van der Waals surface area contributed by atoms with Gasteiger partial charge in [0.05, 0.1) is 6.04 Å². The standard InChI is InChI=1S/C6H11N3O/c7-6(8)5-2-1-3-9(5)4-10/h4-5H,1-3H2,(H3,7,8). The summed E-state index contributed by atoms with van der Waals surface area (Å²) in [6, 6.07) is -0.127. The first-order valence-corrected chi connectivity index (χ1v) is 3.30. The number of carbonyl (C=O) groups excluding carboxylic acids is 1. The molecular weight excluding hydrogens is 130 g/mol. The number of hydrogen-bond acceptors (Lipinski definition) is 2. The maximum Gasteiger partial charge on any atom is 0.210 e. The van der Waals surface area contributed by atoms with E-state index in [1.807, 2.05) is 0 Å². The number of amidine groups is 1. The van der Waals surface area contributed by atoms with Crippen molar-refractivity contribution in [3.63, 3.8) is 0 Å². The molecule has 0 saturated carbocycles. The fourth-order valence-corrected chi connectivity index (χ4v) is 1.25. The minimum atomic E-state index is -0.127. The van der Waals surface area contributed by atoms with E-state index < -0.39 is 0 Å². The number of likely N-dealkylation sites (tertiary alicyclic amines) is 1. The number of hydrogen-bond donors (Lipinski definition) is 2. The van der Waals surface area contributed by atoms with Gasteiger partial charge in [0.15, 0.2) is 0 Å². The predicted molar refractivity (Wildman–Crippen MR) is 37.7 cm³/mol. The molecule has 0 aliphatic carbocycles. The first-order chi connectivity index (χ1) is 4.75. The second kappa shape index (κ2) is 2.68. The Hall–Kier alpha value is -1.06. The summed E-state index contributed by atoms with van der Waals surface area (Å²) in [7, 11) is 0. The molecule has 1 saturated heterocycles. The summed E-state index contributed by atoms with van der Waals surface area (Å²) < 4.78 is 0. The highest BCUT2D eigenvalue weighted by Gasteiger charge is 2.24. The molecule has 0 bridgehead atoms. The molecule has 1 unspecified atom stereocenters. The van der Waals surface area contributed by atoms with Crippen LogP contribution in [0.5, 0.6) is 0 Å². The molecule has 3 N–H and O–H groups in total. The first kappa shape index (κ1) is 7.05. The third kappa shape index (κ3) is 1.10. The second-order valence-corrected chi connectivity index (χ2v) is 2.46. The van der Waals surface area contributed by atoms with E-state index >= 15 is 0 Å². The van der Waals surface area contributed by atoms with Gasteiger partial charge >= 0.3 is 0 Å². The van der Waals surface area contributed by atoms with E-state index in [2.05, 4.69) is 0 Å². The summed E-state index contributed by atoms with van der Waals surface area (Å²) in [5, 5.41) is 7.10. The Morgan fingerprint density at radius 2 is 2.50 bits per heavy atom. The third-order valence-corrected chi connectivity index (χ3v) is 1.79. The van der Waals surface area contributed by atoms with Gasteiger partial charge in [0.1, 0.15) is 5.84 Å². The zero-order valence-corrected chi connectivity index (χ0v) is 5.71. The minimum absolute atomic E-state index is 0.101. The molecule has 0 spiro atoms. The topological polar surface area (TPSA) is 70.2 Å². The highest BCUT2D eigenvalue weighted by atomic mass is 16.1. The molecule has 0 radical (unpaired) electrons. The van der Waals surface area contributed by atoms with Gasteiger partial charge < -0.3 is 10.6 Å². The number of rotatable bonds is 2. The number of nitrogens with one attached hydrogen (secondary N) is 1. The number of nitrogens with two attached hydrogens (primary N) is 1. The molecule has 4 nitrogen and oxygen atoms in total. The Morgan fingerprint density at radius 1 is 1.80 bits per heavy atom. The van der Waals surface area contributed by atoms with Crippen LogP contribution in [0.1, 0.15) is 12.8 Å². The molecule has 1 aliphatic rings. The lowest BCUT2D eigenvalue weighted by Gasteiger charge is -2.17. The lowest BCUT2D eigenvalue weighted by atomic mass is 10.2. The van der Waals surface area contributed by atoms with Gasteiger partial charge in [-0.2, -0.15) is 0 Å². The van der Waals surface area contributed by atoms with Crippen LogP contribution >= 0.6 is 0 Å². The van der Waals surface area contributed by atoms with Gasteiger partial charge in [0, 0.05) is 6.54 Å². The molecule has 1 aliphatic heterocycles. The van der Waals surface area contributed by atoms with Gasteiger partial charge in [0.2, 0.25) is 6.41 Å². The Kier molecular flexibility index (Phi) is 1.89. The maximum absolute atomic E-state index is 10.3. The van der Waals surface area contributed by atoms with Crippen LogP contribution in [0.2, 0.25) is 0 Å². The van der Waals surface area contributed by atoms with E-state index in [0.717, 1.165) is 25.8 Å². The molecule has 4 heteroatoms. The van der Waals surface area contributed by atoms with E-state index in [1.165, 1.54) is 0 Å². The van der Waals surface area contributed by atoms with Gasteiger partial charge in [-0.1, -0.05) is 0 Å². The summed E-state index contributed by atoms with van der Waals surface area (Å²) >= 11 is 0. The number of nitrogens with zero attached hydrogens (tertiary/aromatic N) is 1. The summed E-state index contributed by atoms with van der Waals surface area (Å²) in [6.45, 7) is 0.744. The van der Waals surface area contributed by atoms with Crippen molar-refractivity contribution in [2.75, 3.05) is 6.54 Å². The van der Waals surface area contributed by atoms with Crippen molar-refractivity contribution in [3.8, 4) is 0 Å². The average molecular weight is 141 g/mol. The van der Waals surface area contributed by atoms with Gasteiger partial charge in [-0.15, -0.1) is 0 Å². The molecular formula is C6H11N3O.